The van der Waals surface area contributed by atoms with Crippen LogP contribution in [0, 0.1) is 22.7 Å². The lowest BCUT2D eigenvalue weighted by molar-refractivity contribution is -0.130. The third-order valence-electron chi connectivity index (χ3n) is 7.06. The number of rotatable bonds is 5. The van der Waals surface area contributed by atoms with Gasteiger partial charge in [0.1, 0.15) is 6.10 Å². The van der Waals surface area contributed by atoms with Gasteiger partial charge in [0.15, 0.2) is 0 Å². The topological polar surface area (TPSA) is 80.9 Å². The summed E-state index contributed by atoms with van der Waals surface area (Å²) in [5, 5.41) is 40.2. The van der Waals surface area contributed by atoms with Crippen molar-refractivity contribution >= 4 is 0 Å². The first kappa shape index (κ1) is 19.9. The molecular weight excluding hydrogens is 304 g/mol. The Balaban J connectivity index is 2.23. The fourth-order valence-electron chi connectivity index (χ4n) is 5.81. The van der Waals surface area contributed by atoms with Crippen LogP contribution in [-0.4, -0.2) is 44.8 Å². The van der Waals surface area contributed by atoms with Gasteiger partial charge in [0.2, 0.25) is 0 Å². The number of aliphatic hydroxyl groups is 4. The van der Waals surface area contributed by atoms with Crippen LogP contribution in [0.2, 0.25) is 0 Å². The Morgan fingerprint density at radius 3 is 2.50 bits per heavy atom. The van der Waals surface area contributed by atoms with Crippen molar-refractivity contribution in [3.63, 3.8) is 0 Å². The molecule has 0 amide bonds. The van der Waals surface area contributed by atoms with Crippen LogP contribution >= 0.6 is 0 Å². The molecule has 2 aliphatic carbocycles. The van der Waals surface area contributed by atoms with Gasteiger partial charge in [0, 0.05) is 0 Å². The minimum Gasteiger partial charge on any atom is -0.394 e. The molecule has 2 fully saturated rings. The summed E-state index contributed by atoms with van der Waals surface area (Å²) in [6.07, 6.45) is 3.61. The van der Waals surface area contributed by atoms with Crippen molar-refractivity contribution in [2.75, 3.05) is 6.61 Å². The van der Waals surface area contributed by atoms with Crippen molar-refractivity contribution in [2.45, 2.75) is 84.0 Å². The van der Waals surface area contributed by atoms with Crippen LogP contribution < -0.4 is 0 Å². The van der Waals surface area contributed by atoms with E-state index in [0.29, 0.717) is 12.8 Å². The summed E-state index contributed by atoms with van der Waals surface area (Å²) < 4.78 is 0. The Hall–Kier alpha value is -0.420. The van der Waals surface area contributed by atoms with Crippen molar-refractivity contribution in [2.24, 2.45) is 22.7 Å². The largest absolute Gasteiger partial charge is 0.394 e. The number of hydrogen-bond donors (Lipinski definition) is 4. The van der Waals surface area contributed by atoms with Crippen LogP contribution in [0.4, 0.5) is 0 Å². The van der Waals surface area contributed by atoms with Crippen molar-refractivity contribution in [1.29, 1.82) is 0 Å². The van der Waals surface area contributed by atoms with Gasteiger partial charge in [-0.2, -0.15) is 0 Å². The lowest BCUT2D eigenvalue weighted by Gasteiger charge is -2.60. The zero-order valence-corrected chi connectivity index (χ0v) is 15.8. The molecule has 0 spiro atoms. The molecule has 2 rings (SSSR count). The molecule has 0 aromatic carbocycles. The summed E-state index contributed by atoms with van der Waals surface area (Å²) in [7, 11) is 0. The number of fused-ring (bicyclic) bond motifs is 1. The standard InChI is InChI=1S/C20H36O4/c1-13-11-15(22)17-18(2,3)8-6-9-19(17,4)14(13)7-10-20(5,24)16(23)12-21/h14-17,21-24H,1,6-12H2,2-5H3/t14-,15-,16+,17-,19+,20-/m0/s1. The molecule has 4 heteroatoms. The Morgan fingerprint density at radius 1 is 1.29 bits per heavy atom. The molecule has 0 aromatic rings. The predicted molar refractivity (Wildman–Crippen MR) is 95.4 cm³/mol. The normalized spacial score (nSPS) is 39.8. The van der Waals surface area contributed by atoms with Gasteiger partial charge in [-0.3, -0.25) is 0 Å². The number of aliphatic hydroxyl groups excluding tert-OH is 3. The van der Waals surface area contributed by atoms with E-state index in [2.05, 4.69) is 27.4 Å². The van der Waals surface area contributed by atoms with Crippen LogP contribution in [0.25, 0.3) is 0 Å². The van der Waals surface area contributed by atoms with Crippen LogP contribution in [-0.2, 0) is 0 Å². The van der Waals surface area contributed by atoms with Crippen molar-refractivity contribution in [3.8, 4) is 0 Å². The first-order valence-corrected chi connectivity index (χ1v) is 9.33. The molecular formula is C20H36O4. The third kappa shape index (κ3) is 3.44. The van der Waals surface area contributed by atoms with Gasteiger partial charge in [0.05, 0.1) is 18.3 Å². The summed E-state index contributed by atoms with van der Waals surface area (Å²) in [6.45, 7) is 12.2. The molecule has 6 atom stereocenters. The van der Waals surface area contributed by atoms with E-state index in [1.54, 1.807) is 6.92 Å². The smallest absolute Gasteiger partial charge is 0.105 e. The highest BCUT2D eigenvalue weighted by atomic mass is 16.4. The molecule has 0 aliphatic heterocycles. The first-order chi connectivity index (χ1) is 11.0. The molecule has 0 bridgehead atoms. The lowest BCUT2D eigenvalue weighted by Crippen LogP contribution is -2.55. The fourth-order valence-corrected chi connectivity index (χ4v) is 5.81. The average molecular weight is 341 g/mol. The van der Waals surface area contributed by atoms with Gasteiger partial charge in [-0.05, 0) is 61.7 Å². The van der Waals surface area contributed by atoms with E-state index >= 15 is 0 Å². The maximum Gasteiger partial charge on any atom is 0.105 e. The minimum absolute atomic E-state index is 0.0310. The van der Waals surface area contributed by atoms with Crippen molar-refractivity contribution in [1.82, 2.24) is 0 Å². The second-order valence-electron chi connectivity index (χ2n) is 9.40. The molecule has 4 nitrogen and oxygen atoms in total. The summed E-state index contributed by atoms with van der Waals surface area (Å²) in [4.78, 5) is 0. The zero-order chi connectivity index (χ0) is 18.3. The molecule has 0 unspecified atom stereocenters. The van der Waals surface area contributed by atoms with Gasteiger partial charge in [-0.25, -0.2) is 0 Å². The Labute approximate surface area is 146 Å². The van der Waals surface area contributed by atoms with E-state index < -0.39 is 18.3 Å². The second kappa shape index (κ2) is 6.71. The maximum absolute atomic E-state index is 10.8. The minimum atomic E-state index is -1.30. The highest BCUT2D eigenvalue weighted by molar-refractivity contribution is 5.18. The molecule has 2 saturated carbocycles. The molecule has 140 valence electrons. The summed E-state index contributed by atoms with van der Waals surface area (Å²) in [5.74, 6) is 0.449. The fraction of sp³-hybridized carbons (Fsp3) is 0.900. The van der Waals surface area contributed by atoms with Crippen molar-refractivity contribution in [3.05, 3.63) is 12.2 Å². The summed E-state index contributed by atoms with van der Waals surface area (Å²) in [5.41, 5.74) is -0.177. The Morgan fingerprint density at radius 2 is 1.92 bits per heavy atom. The maximum atomic E-state index is 10.8. The summed E-state index contributed by atoms with van der Waals surface area (Å²) in [6, 6.07) is 0. The van der Waals surface area contributed by atoms with Gasteiger partial charge in [-0.15, -0.1) is 0 Å². The summed E-state index contributed by atoms with van der Waals surface area (Å²) >= 11 is 0. The van der Waals surface area contributed by atoms with Gasteiger partial charge < -0.3 is 20.4 Å². The molecule has 0 heterocycles. The lowest BCUT2D eigenvalue weighted by atomic mass is 9.46. The van der Waals surface area contributed by atoms with E-state index in [0.717, 1.165) is 31.3 Å². The van der Waals surface area contributed by atoms with E-state index in [1.807, 2.05) is 0 Å². The Bertz CT molecular complexity index is 470. The molecule has 0 saturated heterocycles. The average Bonchev–Trinajstić information content (AvgIpc) is 2.43. The van der Waals surface area contributed by atoms with E-state index in [9.17, 15) is 15.3 Å². The molecule has 24 heavy (non-hydrogen) atoms. The molecule has 2 aliphatic rings. The van der Waals surface area contributed by atoms with Gasteiger partial charge >= 0.3 is 0 Å². The molecule has 0 aromatic heterocycles. The molecule has 0 radical (unpaired) electrons. The monoisotopic (exact) mass is 340 g/mol. The SMILES string of the molecule is C=C1C[C@H](O)[C@H]2C(C)(C)CCC[C@]2(C)[C@H]1CC[C@](C)(O)[C@H](O)CO. The van der Waals surface area contributed by atoms with E-state index in [1.165, 1.54) is 0 Å². The quantitative estimate of drug-likeness (QED) is 0.580. The van der Waals surface area contributed by atoms with E-state index in [4.69, 9.17) is 5.11 Å². The van der Waals surface area contributed by atoms with Crippen LogP contribution in [0.1, 0.15) is 66.2 Å². The predicted octanol–water partition coefficient (Wildman–Crippen LogP) is 2.64. The van der Waals surface area contributed by atoms with Gasteiger partial charge in [0.25, 0.3) is 0 Å². The van der Waals surface area contributed by atoms with Crippen LogP contribution in [0.3, 0.4) is 0 Å². The third-order valence-corrected chi connectivity index (χ3v) is 7.06. The zero-order valence-electron chi connectivity index (χ0n) is 15.8. The Kier molecular flexibility index (Phi) is 5.57. The highest BCUT2D eigenvalue weighted by Gasteiger charge is 2.56. The highest BCUT2D eigenvalue weighted by Crippen LogP contribution is 2.61. The second-order valence-corrected chi connectivity index (χ2v) is 9.40. The molecule has 4 N–H and O–H groups in total. The van der Waals surface area contributed by atoms with Crippen LogP contribution in [0.5, 0.6) is 0 Å². The number of hydrogen-bond acceptors (Lipinski definition) is 4. The van der Waals surface area contributed by atoms with Gasteiger partial charge in [-0.1, -0.05) is 39.3 Å². The van der Waals surface area contributed by atoms with E-state index in [-0.39, 0.29) is 28.8 Å². The first-order valence-electron chi connectivity index (χ1n) is 9.33. The van der Waals surface area contributed by atoms with Crippen molar-refractivity contribution < 1.29 is 20.4 Å². The van der Waals surface area contributed by atoms with Crippen LogP contribution in [0.15, 0.2) is 12.2 Å².